The highest BCUT2D eigenvalue weighted by Gasteiger charge is 2.28. The van der Waals surface area contributed by atoms with E-state index >= 15 is 0 Å². The van der Waals surface area contributed by atoms with Crippen LogP contribution < -0.4 is 0 Å². The smallest absolute Gasteiger partial charge is 0.163 e. The van der Waals surface area contributed by atoms with Crippen LogP contribution in [0.5, 0.6) is 0 Å². The second-order valence-electron chi connectivity index (χ2n) is 2.22. The minimum absolute atomic E-state index is 0.141. The molecule has 1 unspecified atom stereocenters. The van der Waals surface area contributed by atoms with Crippen molar-refractivity contribution in [3.05, 3.63) is 24.4 Å². The fourth-order valence-corrected chi connectivity index (χ4v) is 0.742. The second kappa shape index (κ2) is 2.34. The zero-order chi connectivity index (χ0) is 7.61. The molecule has 3 heteroatoms. The number of aliphatic hydroxyl groups is 2. The Labute approximate surface area is 59.2 Å². The maximum atomic E-state index is 9.46. The molecular weight excluding hydrogens is 132 g/mol. The van der Waals surface area contributed by atoms with E-state index in [0.29, 0.717) is 6.42 Å². The molecule has 0 aromatic rings. The third-order valence-electron chi connectivity index (χ3n) is 1.58. The van der Waals surface area contributed by atoms with Gasteiger partial charge in [0.15, 0.2) is 5.76 Å². The third kappa shape index (κ3) is 0.998. The molecule has 1 rings (SSSR count). The Morgan fingerprint density at radius 3 is 2.80 bits per heavy atom. The highest BCUT2D eigenvalue weighted by Crippen LogP contribution is 2.23. The summed E-state index contributed by atoms with van der Waals surface area (Å²) in [5, 5.41) is 18.5. The van der Waals surface area contributed by atoms with Gasteiger partial charge in [-0.3, -0.25) is 0 Å². The molecule has 0 saturated heterocycles. The number of aliphatic hydroxyl groups excluding tert-OH is 1. The summed E-state index contributed by atoms with van der Waals surface area (Å²) in [6.07, 6.45) is 4.34. The first kappa shape index (κ1) is 7.15. The Bertz CT molecular complexity index is 183. The largest absolute Gasteiger partial charge is 0.506 e. The molecule has 3 nitrogen and oxygen atoms in total. The Balaban J connectivity index is 2.83. The van der Waals surface area contributed by atoms with Crippen LogP contribution in [0.2, 0.25) is 0 Å². The molecule has 0 bridgehead atoms. The molecule has 0 radical (unpaired) electrons. The number of hydrogen-bond acceptors (Lipinski definition) is 3. The van der Waals surface area contributed by atoms with E-state index in [-0.39, 0.29) is 5.76 Å². The van der Waals surface area contributed by atoms with Crippen LogP contribution in [0.4, 0.5) is 0 Å². The quantitative estimate of drug-likeness (QED) is 0.575. The first-order valence-electron chi connectivity index (χ1n) is 3.14. The number of ether oxygens (including phenoxy) is 1. The molecule has 0 aliphatic carbocycles. The van der Waals surface area contributed by atoms with Crippen LogP contribution in [-0.2, 0) is 4.74 Å². The lowest BCUT2D eigenvalue weighted by Crippen LogP contribution is -2.29. The van der Waals surface area contributed by atoms with E-state index in [1.54, 1.807) is 6.92 Å². The molecule has 0 spiro atoms. The molecule has 2 N–H and O–H groups in total. The zero-order valence-corrected chi connectivity index (χ0v) is 5.74. The standard InChI is InChI=1S/C7H10O3/c1-2-7(9)3-4-10-5-6(7)8/h3-5,8-9H,2H2,1H3. The van der Waals surface area contributed by atoms with E-state index in [0.717, 1.165) is 6.26 Å². The minimum Gasteiger partial charge on any atom is -0.506 e. The van der Waals surface area contributed by atoms with E-state index in [9.17, 15) is 5.11 Å². The summed E-state index contributed by atoms with van der Waals surface area (Å²) >= 11 is 0. The van der Waals surface area contributed by atoms with Crippen molar-refractivity contribution >= 4 is 0 Å². The molecular formula is C7H10O3. The monoisotopic (exact) mass is 142 g/mol. The van der Waals surface area contributed by atoms with Gasteiger partial charge in [-0.1, -0.05) is 6.92 Å². The van der Waals surface area contributed by atoms with Gasteiger partial charge in [-0.2, -0.15) is 0 Å². The van der Waals surface area contributed by atoms with E-state index in [4.69, 9.17) is 5.11 Å². The van der Waals surface area contributed by atoms with Crippen molar-refractivity contribution in [3.63, 3.8) is 0 Å². The van der Waals surface area contributed by atoms with Gasteiger partial charge in [0.2, 0.25) is 0 Å². The van der Waals surface area contributed by atoms with Crippen molar-refractivity contribution in [1.82, 2.24) is 0 Å². The molecule has 1 aliphatic rings. The SMILES string of the molecule is CCC1(O)C=COC=C1O. The lowest BCUT2D eigenvalue weighted by Gasteiger charge is -2.23. The topological polar surface area (TPSA) is 49.7 Å². The summed E-state index contributed by atoms with van der Waals surface area (Å²) in [4.78, 5) is 0. The number of rotatable bonds is 1. The Morgan fingerprint density at radius 2 is 2.40 bits per heavy atom. The van der Waals surface area contributed by atoms with Gasteiger partial charge in [0.1, 0.15) is 11.9 Å². The predicted molar refractivity (Wildman–Crippen MR) is 36.2 cm³/mol. The van der Waals surface area contributed by atoms with Gasteiger partial charge in [0.05, 0.1) is 6.26 Å². The van der Waals surface area contributed by atoms with E-state index in [1.165, 1.54) is 12.3 Å². The highest BCUT2D eigenvalue weighted by atomic mass is 16.5. The van der Waals surface area contributed by atoms with Gasteiger partial charge < -0.3 is 14.9 Å². The summed E-state index contributed by atoms with van der Waals surface area (Å²) in [6, 6.07) is 0. The van der Waals surface area contributed by atoms with Gasteiger partial charge in [0.25, 0.3) is 0 Å². The Morgan fingerprint density at radius 1 is 1.70 bits per heavy atom. The number of hydrogen-bond donors (Lipinski definition) is 2. The molecule has 1 aliphatic heterocycles. The van der Waals surface area contributed by atoms with Crippen LogP contribution in [-0.4, -0.2) is 15.8 Å². The summed E-state index contributed by atoms with van der Waals surface area (Å²) in [7, 11) is 0. The summed E-state index contributed by atoms with van der Waals surface area (Å²) in [6.45, 7) is 1.78. The molecule has 0 amide bonds. The molecule has 1 atom stereocenters. The van der Waals surface area contributed by atoms with Gasteiger partial charge in [0, 0.05) is 0 Å². The molecule has 0 saturated carbocycles. The average molecular weight is 142 g/mol. The van der Waals surface area contributed by atoms with E-state index in [2.05, 4.69) is 4.74 Å². The molecule has 10 heavy (non-hydrogen) atoms. The lowest BCUT2D eigenvalue weighted by atomic mass is 9.98. The maximum Gasteiger partial charge on any atom is 0.163 e. The fourth-order valence-electron chi connectivity index (χ4n) is 0.742. The second-order valence-corrected chi connectivity index (χ2v) is 2.22. The van der Waals surface area contributed by atoms with Crippen LogP contribution in [0.3, 0.4) is 0 Å². The summed E-state index contributed by atoms with van der Waals surface area (Å²) in [5.74, 6) is -0.141. The Hall–Kier alpha value is -0.960. The molecule has 56 valence electrons. The van der Waals surface area contributed by atoms with Crippen molar-refractivity contribution in [3.8, 4) is 0 Å². The molecule has 0 aromatic heterocycles. The van der Waals surface area contributed by atoms with Gasteiger partial charge in [-0.15, -0.1) is 0 Å². The first-order valence-corrected chi connectivity index (χ1v) is 3.14. The van der Waals surface area contributed by atoms with E-state index < -0.39 is 5.60 Å². The maximum absolute atomic E-state index is 9.46. The average Bonchev–Trinajstić information content (AvgIpc) is 1.96. The van der Waals surface area contributed by atoms with Crippen molar-refractivity contribution in [2.45, 2.75) is 18.9 Å². The van der Waals surface area contributed by atoms with Crippen molar-refractivity contribution < 1.29 is 14.9 Å². The summed E-state index contributed by atoms with van der Waals surface area (Å²) in [5.41, 5.74) is -1.21. The normalized spacial score (nSPS) is 31.2. The summed E-state index contributed by atoms with van der Waals surface area (Å²) < 4.78 is 4.63. The fraction of sp³-hybridized carbons (Fsp3) is 0.429. The lowest BCUT2D eigenvalue weighted by molar-refractivity contribution is 0.0613. The Kier molecular flexibility index (Phi) is 1.68. The van der Waals surface area contributed by atoms with Gasteiger partial charge >= 0.3 is 0 Å². The van der Waals surface area contributed by atoms with E-state index in [1.807, 2.05) is 0 Å². The van der Waals surface area contributed by atoms with Gasteiger partial charge in [-0.25, -0.2) is 0 Å². The third-order valence-corrected chi connectivity index (χ3v) is 1.58. The van der Waals surface area contributed by atoms with Crippen LogP contribution in [0.25, 0.3) is 0 Å². The van der Waals surface area contributed by atoms with Crippen LogP contribution in [0.1, 0.15) is 13.3 Å². The minimum atomic E-state index is -1.21. The molecule has 0 fully saturated rings. The molecule has 0 aromatic carbocycles. The molecule has 1 heterocycles. The van der Waals surface area contributed by atoms with Crippen LogP contribution in [0, 0.1) is 0 Å². The first-order chi connectivity index (χ1) is 4.69. The van der Waals surface area contributed by atoms with Crippen molar-refractivity contribution in [2.75, 3.05) is 0 Å². The highest BCUT2D eigenvalue weighted by molar-refractivity contribution is 5.19. The zero-order valence-electron chi connectivity index (χ0n) is 5.74. The van der Waals surface area contributed by atoms with Crippen molar-refractivity contribution in [1.29, 1.82) is 0 Å². The predicted octanol–water partition coefficient (Wildman–Crippen LogP) is 1.07. The van der Waals surface area contributed by atoms with Crippen molar-refractivity contribution in [2.24, 2.45) is 0 Å². The van der Waals surface area contributed by atoms with Crippen LogP contribution >= 0.6 is 0 Å². The van der Waals surface area contributed by atoms with Gasteiger partial charge in [-0.05, 0) is 12.5 Å². The van der Waals surface area contributed by atoms with Crippen LogP contribution in [0.15, 0.2) is 24.4 Å².